The molecule has 0 unspecified atom stereocenters. The zero-order valence-corrected chi connectivity index (χ0v) is 11.5. The molecule has 0 aliphatic rings. The third kappa shape index (κ3) is 4.89. The van der Waals surface area contributed by atoms with Crippen LogP contribution >= 0.6 is 11.9 Å². The van der Waals surface area contributed by atoms with E-state index in [1.165, 1.54) is 24.3 Å². The van der Waals surface area contributed by atoms with Crippen LogP contribution in [0.25, 0.3) is 0 Å². The van der Waals surface area contributed by atoms with Crippen LogP contribution in [0.4, 0.5) is 0 Å². The van der Waals surface area contributed by atoms with Crippen LogP contribution in [0.5, 0.6) is 0 Å². The number of rotatable bonds is 6. The number of nitrogens with one attached hydrogen (secondary N) is 1. The second-order valence-corrected chi connectivity index (χ2v) is 5.57. The van der Waals surface area contributed by atoms with Crippen LogP contribution in [-0.2, 0) is 14.3 Å². The summed E-state index contributed by atoms with van der Waals surface area (Å²) in [6.07, 6.45) is 1.63. The molecule has 0 aliphatic heterocycles. The van der Waals surface area contributed by atoms with Gasteiger partial charge < -0.3 is 9.29 Å². The van der Waals surface area contributed by atoms with E-state index in [4.69, 9.17) is 5.11 Å². The Morgan fingerprint density at radius 3 is 2.26 bits per heavy atom. The summed E-state index contributed by atoms with van der Waals surface area (Å²) < 4.78 is 29.5. The lowest BCUT2D eigenvalue weighted by Gasteiger charge is -2.05. The molecule has 1 rings (SSSR count). The summed E-state index contributed by atoms with van der Waals surface area (Å²) >= 11 is 1.07. The van der Waals surface area contributed by atoms with Crippen LogP contribution in [0, 0.1) is 0 Å². The van der Waals surface area contributed by atoms with E-state index in [-0.39, 0.29) is 11.1 Å². The van der Waals surface area contributed by atoms with Crippen molar-refractivity contribution in [3.63, 3.8) is 0 Å². The molecule has 0 fully saturated rings. The average Bonchev–Trinajstić information content (AvgIpc) is 2.36. The summed E-state index contributed by atoms with van der Waals surface area (Å²) in [4.78, 5) is 22.1. The highest BCUT2D eigenvalue weighted by atomic mass is 32.2. The topological polar surface area (TPSA) is 110 Å². The molecule has 0 bridgehead atoms. The highest BCUT2D eigenvalue weighted by Crippen LogP contribution is 2.08. The molecular weight excluding hydrogens is 294 g/mol. The van der Waals surface area contributed by atoms with Crippen molar-refractivity contribution in [2.45, 2.75) is 0 Å². The number of carbonyl (C=O) groups is 2. The predicted octanol–water partition coefficient (Wildman–Crippen LogP) is 0.697. The highest BCUT2D eigenvalue weighted by molar-refractivity contribution is 7.97. The Morgan fingerprint density at radius 1 is 1.26 bits per heavy atom. The minimum Gasteiger partial charge on any atom is -0.478 e. The van der Waals surface area contributed by atoms with Crippen LogP contribution in [0.2, 0.25) is 0 Å². The summed E-state index contributed by atoms with van der Waals surface area (Å²) in [7, 11) is -4.02. The maximum absolute atomic E-state index is 11.5. The molecule has 2 N–H and O–H groups in total. The normalized spacial score (nSPS) is 11.0. The van der Waals surface area contributed by atoms with Crippen LogP contribution in [0.15, 0.2) is 24.3 Å². The van der Waals surface area contributed by atoms with Gasteiger partial charge in [0.05, 0.1) is 11.1 Å². The van der Waals surface area contributed by atoms with Gasteiger partial charge in [-0.05, 0) is 30.5 Å². The SMILES string of the molecule is CSNCS(=O)(=O)OC(=O)c1ccc(C(=O)O)cc1. The van der Waals surface area contributed by atoms with Crippen molar-refractivity contribution in [2.75, 3.05) is 12.1 Å². The number of benzene rings is 1. The van der Waals surface area contributed by atoms with Crippen molar-refractivity contribution in [1.82, 2.24) is 4.72 Å². The number of hydrogen-bond donors (Lipinski definition) is 2. The first kappa shape index (κ1) is 15.5. The predicted molar refractivity (Wildman–Crippen MR) is 69.3 cm³/mol. The van der Waals surface area contributed by atoms with Crippen molar-refractivity contribution >= 4 is 34.0 Å². The summed E-state index contributed by atoms with van der Waals surface area (Å²) in [5.41, 5.74) is -0.0545. The number of carboxylic acid groups (broad SMARTS) is 1. The van der Waals surface area contributed by atoms with Crippen LogP contribution in [0.3, 0.4) is 0 Å². The van der Waals surface area contributed by atoms with Crippen molar-refractivity contribution in [3.05, 3.63) is 35.4 Å². The Kier molecular flexibility index (Phi) is 5.33. The van der Waals surface area contributed by atoms with Crippen LogP contribution < -0.4 is 4.72 Å². The third-order valence-electron chi connectivity index (χ3n) is 1.95. The zero-order chi connectivity index (χ0) is 14.5. The van der Waals surface area contributed by atoms with Gasteiger partial charge >= 0.3 is 22.1 Å². The minimum absolute atomic E-state index is 0.0107. The first-order valence-electron chi connectivity index (χ1n) is 4.91. The Labute approximate surface area is 114 Å². The summed E-state index contributed by atoms with van der Waals surface area (Å²) in [5.74, 6) is -2.70. The van der Waals surface area contributed by atoms with Gasteiger partial charge in [-0.25, -0.2) is 14.3 Å². The van der Waals surface area contributed by atoms with E-state index in [1.54, 1.807) is 6.26 Å². The van der Waals surface area contributed by atoms with Gasteiger partial charge in [-0.2, -0.15) is 8.42 Å². The molecule has 1 aromatic rings. The van der Waals surface area contributed by atoms with Gasteiger partial charge in [0.15, 0.2) is 0 Å². The van der Waals surface area contributed by atoms with Gasteiger partial charge in [0.2, 0.25) is 0 Å². The van der Waals surface area contributed by atoms with Gasteiger partial charge in [0.25, 0.3) is 0 Å². The molecular formula is C10H11NO6S2. The Morgan fingerprint density at radius 2 is 1.79 bits per heavy atom. The lowest BCUT2D eigenvalue weighted by molar-refractivity contribution is 0.0692. The summed E-state index contributed by atoms with van der Waals surface area (Å²) in [6.45, 7) is 0. The van der Waals surface area contributed by atoms with E-state index in [0.29, 0.717) is 0 Å². The van der Waals surface area contributed by atoms with E-state index in [1.807, 2.05) is 0 Å². The Balaban J connectivity index is 2.76. The van der Waals surface area contributed by atoms with Gasteiger partial charge in [-0.3, -0.25) is 0 Å². The third-order valence-corrected chi connectivity index (χ3v) is 3.47. The fourth-order valence-electron chi connectivity index (χ4n) is 1.07. The number of carbonyl (C=O) groups excluding carboxylic acids is 1. The van der Waals surface area contributed by atoms with Gasteiger partial charge in [-0.15, -0.1) is 0 Å². The molecule has 1 aromatic carbocycles. The number of aromatic carboxylic acids is 1. The molecule has 7 nitrogen and oxygen atoms in total. The maximum atomic E-state index is 11.5. The van der Waals surface area contributed by atoms with Crippen LogP contribution in [0.1, 0.15) is 20.7 Å². The van der Waals surface area contributed by atoms with E-state index in [0.717, 1.165) is 11.9 Å². The summed E-state index contributed by atoms with van der Waals surface area (Å²) in [6, 6.07) is 4.74. The smallest absolute Gasteiger partial charge is 0.353 e. The van der Waals surface area contributed by atoms with Crippen molar-refractivity contribution < 1.29 is 27.3 Å². The quantitative estimate of drug-likeness (QED) is 0.583. The Hall–Kier alpha value is -1.58. The molecule has 0 saturated carbocycles. The lowest BCUT2D eigenvalue weighted by atomic mass is 10.1. The first-order valence-corrected chi connectivity index (χ1v) is 7.71. The molecule has 104 valence electrons. The fraction of sp³-hybridized carbons (Fsp3) is 0.200. The van der Waals surface area contributed by atoms with Gasteiger partial charge in [-0.1, -0.05) is 11.9 Å². The van der Waals surface area contributed by atoms with Gasteiger partial charge in [0.1, 0.15) is 5.88 Å². The molecule has 0 saturated heterocycles. The lowest BCUT2D eigenvalue weighted by Crippen LogP contribution is -2.22. The van der Waals surface area contributed by atoms with E-state index < -0.39 is 27.9 Å². The highest BCUT2D eigenvalue weighted by Gasteiger charge is 2.18. The largest absolute Gasteiger partial charge is 0.478 e. The number of carboxylic acids is 1. The molecule has 0 aliphatic carbocycles. The molecule has 0 atom stereocenters. The molecule has 9 heteroatoms. The Bertz CT molecular complexity index is 566. The monoisotopic (exact) mass is 305 g/mol. The average molecular weight is 305 g/mol. The van der Waals surface area contributed by atoms with E-state index in [9.17, 15) is 18.0 Å². The van der Waals surface area contributed by atoms with Gasteiger partial charge in [0, 0.05) is 0 Å². The molecule has 19 heavy (non-hydrogen) atoms. The van der Waals surface area contributed by atoms with Crippen molar-refractivity contribution in [1.29, 1.82) is 0 Å². The van der Waals surface area contributed by atoms with E-state index >= 15 is 0 Å². The molecule has 0 radical (unpaired) electrons. The van der Waals surface area contributed by atoms with E-state index in [2.05, 4.69) is 8.91 Å². The fourth-order valence-corrected chi connectivity index (χ4v) is 2.51. The van der Waals surface area contributed by atoms with Crippen molar-refractivity contribution in [2.24, 2.45) is 0 Å². The second kappa shape index (κ2) is 6.55. The molecule has 0 heterocycles. The summed E-state index contributed by atoms with van der Waals surface area (Å²) in [5, 5.41) is 8.68. The minimum atomic E-state index is -4.02. The second-order valence-electron chi connectivity index (χ2n) is 3.30. The number of hydrogen-bond acceptors (Lipinski definition) is 7. The maximum Gasteiger partial charge on any atom is 0.353 e. The first-order chi connectivity index (χ1) is 8.85. The van der Waals surface area contributed by atoms with Crippen molar-refractivity contribution in [3.8, 4) is 0 Å². The zero-order valence-electron chi connectivity index (χ0n) is 9.82. The molecule has 0 spiro atoms. The molecule has 0 amide bonds. The standard InChI is InChI=1S/C10H11NO6S2/c1-18-11-6-19(15,16)17-10(14)8-4-2-7(3-5-8)9(12)13/h2-5,11H,6H2,1H3,(H,12,13). The molecule has 0 aromatic heterocycles. The van der Waals surface area contributed by atoms with Crippen LogP contribution in [-0.4, -0.2) is 37.6 Å².